The highest BCUT2D eigenvalue weighted by Gasteiger charge is 2.15. The molecule has 0 aliphatic heterocycles. The smallest absolute Gasteiger partial charge is 0.189 e. The highest BCUT2D eigenvalue weighted by Crippen LogP contribution is 2.29. The average molecular weight is 338 g/mol. The SMILES string of the molecule is Cc1ccc(NC(=S)Nc2nc3c(s2)CCCC3)cc1Cl. The van der Waals surface area contributed by atoms with E-state index in [0.717, 1.165) is 34.2 Å². The molecule has 0 unspecified atom stereocenters. The van der Waals surface area contributed by atoms with Gasteiger partial charge in [0.05, 0.1) is 5.69 Å². The molecule has 1 heterocycles. The van der Waals surface area contributed by atoms with Gasteiger partial charge >= 0.3 is 0 Å². The molecule has 0 radical (unpaired) electrons. The van der Waals surface area contributed by atoms with E-state index in [1.165, 1.54) is 23.4 Å². The fourth-order valence-corrected chi connectivity index (χ4v) is 3.85. The van der Waals surface area contributed by atoms with Gasteiger partial charge in [0, 0.05) is 15.6 Å². The second kappa shape index (κ2) is 6.30. The summed E-state index contributed by atoms with van der Waals surface area (Å²) in [5.74, 6) is 0. The van der Waals surface area contributed by atoms with Gasteiger partial charge in [-0.15, -0.1) is 11.3 Å². The lowest BCUT2D eigenvalue weighted by Gasteiger charge is -2.09. The Morgan fingerprint density at radius 3 is 2.86 bits per heavy atom. The van der Waals surface area contributed by atoms with Crippen molar-refractivity contribution in [2.75, 3.05) is 10.6 Å². The van der Waals surface area contributed by atoms with E-state index in [-0.39, 0.29) is 0 Å². The number of nitrogens with one attached hydrogen (secondary N) is 2. The number of nitrogens with zero attached hydrogens (tertiary/aromatic N) is 1. The summed E-state index contributed by atoms with van der Waals surface area (Å²) in [7, 11) is 0. The number of rotatable bonds is 2. The van der Waals surface area contributed by atoms with Gasteiger partial charge in [-0.1, -0.05) is 17.7 Å². The van der Waals surface area contributed by atoms with E-state index in [9.17, 15) is 0 Å². The van der Waals surface area contributed by atoms with Crippen molar-refractivity contribution in [1.82, 2.24) is 4.98 Å². The van der Waals surface area contributed by atoms with Crippen LogP contribution in [-0.4, -0.2) is 10.1 Å². The molecule has 3 rings (SSSR count). The monoisotopic (exact) mass is 337 g/mol. The van der Waals surface area contributed by atoms with E-state index in [0.29, 0.717) is 5.11 Å². The van der Waals surface area contributed by atoms with Crippen molar-refractivity contribution in [3.05, 3.63) is 39.4 Å². The first-order valence-corrected chi connectivity index (χ1v) is 8.55. The Hall–Kier alpha value is -1.17. The molecule has 0 saturated heterocycles. The van der Waals surface area contributed by atoms with Crippen LogP contribution in [0, 0.1) is 6.92 Å². The first kappa shape index (κ1) is 14.8. The first-order valence-electron chi connectivity index (χ1n) is 6.94. The highest BCUT2D eigenvalue weighted by molar-refractivity contribution is 7.80. The van der Waals surface area contributed by atoms with E-state index in [2.05, 4.69) is 15.6 Å². The van der Waals surface area contributed by atoms with Gasteiger partial charge in [0.1, 0.15) is 0 Å². The van der Waals surface area contributed by atoms with Gasteiger partial charge in [0.2, 0.25) is 0 Å². The minimum absolute atomic E-state index is 0.543. The Kier molecular flexibility index (Phi) is 4.42. The van der Waals surface area contributed by atoms with Crippen LogP contribution < -0.4 is 10.6 Å². The number of aryl methyl sites for hydroxylation is 3. The molecule has 1 aromatic heterocycles. The highest BCUT2D eigenvalue weighted by atomic mass is 35.5. The third kappa shape index (κ3) is 3.54. The van der Waals surface area contributed by atoms with Gasteiger partial charge in [-0.2, -0.15) is 0 Å². The summed E-state index contributed by atoms with van der Waals surface area (Å²) >= 11 is 13.2. The Morgan fingerprint density at radius 2 is 2.10 bits per heavy atom. The summed E-state index contributed by atoms with van der Waals surface area (Å²) < 4.78 is 0. The summed E-state index contributed by atoms with van der Waals surface area (Å²) in [4.78, 5) is 6.01. The summed E-state index contributed by atoms with van der Waals surface area (Å²) in [5, 5.41) is 8.45. The third-order valence-electron chi connectivity index (χ3n) is 3.50. The quantitative estimate of drug-likeness (QED) is 0.772. The number of aromatic nitrogens is 1. The maximum Gasteiger partial charge on any atom is 0.189 e. The van der Waals surface area contributed by atoms with Crippen LogP contribution in [0.3, 0.4) is 0 Å². The summed E-state index contributed by atoms with van der Waals surface area (Å²) in [6.45, 7) is 1.97. The lowest BCUT2D eigenvalue weighted by atomic mass is 10.0. The molecule has 6 heteroatoms. The van der Waals surface area contributed by atoms with Crippen molar-refractivity contribution in [3.8, 4) is 0 Å². The fourth-order valence-electron chi connectivity index (χ4n) is 2.34. The molecule has 3 nitrogen and oxygen atoms in total. The second-order valence-electron chi connectivity index (χ2n) is 5.14. The summed E-state index contributed by atoms with van der Waals surface area (Å²) in [6, 6.07) is 5.80. The Bertz CT molecular complexity index is 658. The number of hydrogen-bond acceptors (Lipinski definition) is 3. The van der Waals surface area contributed by atoms with Gasteiger partial charge in [0.25, 0.3) is 0 Å². The van der Waals surface area contributed by atoms with Crippen molar-refractivity contribution in [2.24, 2.45) is 0 Å². The van der Waals surface area contributed by atoms with Crippen molar-refractivity contribution < 1.29 is 0 Å². The predicted octanol–water partition coefficient (Wildman–Crippen LogP) is 4.79. The third-order valence-corrected chi connectivity index (χ3v) is 5.18. The molecule has 0 bridgehead atoms. The van der Waals surface area contributed by atoms with Crippen LogP contribution in [-0.2, 0) is 12.8 Å². The lowest BCUT2D eigenvalue weighted by molar-refractivity contribution is 0.683. The van der Waals surface area contributed by atoms with Crippen LogP contribution in [0.2, 0.25) is 5.02 Å². The van der Waals surface area contributed by atoms with Crippen LogP contribution in [0.15, 0.2) is 18.2 Å². The molecule has 110 valence electrons. The minimum atomic E-state index is 0.543. The normalized spacial score (nSPS) is 13.6. The standard InChI is InChI=1S/C15H16ClN3S2/c1-9-6-7-10(8-11(9)16)17-14(20)19-15-18-12-4-2-3-5-13(12)21-15/h6-8H,2-5H2,1H3,(H2,17,18,19,20). The first-order chi connectivity index (χ1) is 10.1. The summed E-state index contributed by atoms with van der Waals surface area (Å²) in [6.07, 6.45) is 4.73. The van der Waals surface area contributed by atoms with Crippen LogP contribution in [0.25, 0.3) is 0 Å². The Morgan fingerprint density at radius 1 is 1.29 bits per heavy atom. The van der Waals surface area contributed by atoms with Crippen molar-refractivity contribution in [3.63, 3.8) is 0 Å². The number of halogens is 1. The van der Waals surface area contributed by atoms with E-state index < -0.39 is 0 Å². The molecule has 0 saturated carbocycles. The molecule has 0 spiro atoms. The number of thiazole rings is 1. The van der Waals surface area contributed by atoms with Gasteiger partial charge in [-0.25, -0.2) is 4.98 Å². The van der Waals surface area contributed by atoms with Crippen molar-refractivity contribution in [1.29, 1.82) is 0 Å². The van der Waals surface area contributed by atoms with Gasteiger partial charge in [-0.3, -0.25) is 0 Å². The van der Waals surface area contributed by atoms with Crippen LogP contribution >= 0.6 is 35.2 Å². The number of hydrogen-bond donors (Lipinski definition) is 2. The zero-order valence-electron chi connectivity index (χ0n) is 11.7. The fraction of sp³-hybridized carbons (Fsp3) is 0.333. The van der Waals surface area contributed by atoms with Crippen molar-refractivity contribution in [2.45, 2.75) is 32.6 Å². The van der Waals surface area contributed by atoms with E-state index in [4.69, 9.17) is 23.8 Å². The topological polar surface area (TPSA) is 37.0 Å². The number of anilines is 2. The average Bonchev–Trinajstić information content (AvgIpc) is 2.84. The van der Waals surface area contributed by atoms with Gasteiger partial charge in [-0.05, 0) is 62.5 Å². The molecule has 2 N–H and O–H groups in total. The van der Waals surface area contributed by atoms with E-state index >= 15 is 0 Å². The molecule has 0 atom stereocenters. The van der Waals surface area contributed by atoms with E-state index in [1.807, 2.05) is 25.1 Å². The molecular formula is C15H16ClN3S2. The zero-order chi connectivity index (χ0) is 14.8. The van der Waals surface area contributed by atoms with E-state index in [1.54, 1.807) is 11.3 Å². The van der Waals surface area contributed by atoms with Crippen LogP contribution in [0.1, 0.15) is 29.0 Å². The lowest BCUT2D eigenvalue weighted by Crippen LogP contribution is -2.19. The number of benzene rings is 1. The molecule has 0 fully saturated rings. The number of fused-ring (bicyclic) bond motifs is 1. The molecular weight excluding hydrogens is 322 g/mol. The Balaban J connectivity index is 1.66. The molecule has 1 aliphatic carbocycles. The summed E-state index contributed by atoms with van der Waals surface area (Å²) in [5.41, 5.74) is 3.16. The maximum absolute atomic E-state index is 6.11. The molecule has 1 aliphatic rings. The second-order valence-corrected chi connectivity index (χ2v) is 7.04. The molecule has 21 heavy (non-hydrogen) atoms. The zero-order valence-corrected chi connectivity index (χ0v) is 14.1. The molecule has 1 aromatic carbocycles. The molecule has 2 aromatic rings. The van der Waals surface area contributed by atoms with Crippen molar-refractivity contribution >= 4 is 51.1 Å². The van der Waals surface area contributed by atoms with Crippen LogP contribution in [0.4, 0.5) is 10.8 Å². The maximum atomic E-state index is 6.11. The largest absolute Gasteiger partial charge is 0.332 e. The Labute approximate surface area is 138 Å². The predicted molar refractivity (Wildman–Crippen MR) is 94.8 cm³/mol. The number of thiocarbonyl (C=S) groups is 1. The molecule has 0 amide bonds. The van der Waals surface area contributed by atoms with Gasteiger partial charge < -0.3 is 10.6 Å². The van der Waals surface area contributed by atoms with Crippen LogP contribution in [0.5, 0.6) is 0 Å². The van der Waals surface area contributed by atoms with Gasteiger partial charge in [0.15, 0.2) is 10.2 Å². The minimum Gasteiger partial charge on any atom is -0.332 e.